The Kier molecular flexibility index (Phi) is 2.82. The number of aromatic carboxylic acids is 1. The van der Waals surface area contributed by atoms with Crippen LogP contribution in [-0.4, -0.2) is 24.2 Å². The van der Waals surface area contributed by atoms with Crippen LogP contribution in [0.15, 0.2) is 0 Å². The maximum Gasteiger partial charge on any atom is 0.339 e. The third kappa shape index (κ3) is 1.76. The van der Waals surface area contributed by atoms with Crippen molar-refractivity contribution in [2.24, 2.45) is 0 Å². The molecule has 86 valence electrons. The summed E-state index contributed by atoms with van der Waals surface area (Å²) in [5, 5.41) is 14.5. The van der Waals surface area contributed by atoms with Gasteiger partial charge in [-0.2, -0.15) is 0 Å². The molecule has 1 aromatic heterocycles. The molecule has 0 radical (unpaired) electrons. The second kappa shape index (κ2) is 4.13. The summed E-state index contributed by atoms with van der Waals surface area (Å²) in [5.41, 5.74) is 1.16. The van der Waals surface area contributed by atoms with Gasteiger partial charge in [-0.3, -0.25) is 5.32 Å². The molecule has 0 aromatic carbocycles. The molecule has 0 saturated heterocycles. The van der Waals surface area contributed by atoms with Gasteiger partial charge >= 0.3 is 12.0 Å². The predicted octanol–water partition coefficient (Wildman–Crippen LogP) is 1.69. The van der Waals surface area contributed by atoms with Crippen LogP contribution in [0.3, 0.4) is 0 Å². The molecular formula is C10H12N2O3S. The first-order valence-electron chi connectivity index (χ1n) is 5.00. The molecular weight excluding hydrogens is 228 g/mol. The van der Waals surface area contributed by atoms with Gasteiger partial charge in [-0.05, 0) is 24.8 Å². The van der Waals surface area contributed by atoms with Gasteiger partial charge in [0.1, 0.15) is 5.00 Å². The number of fused-ring (bicyclic) bond motifs is 1. The number of thiophene rings is 1. The molecule has 0 unspecified atom stereocenters. The van der Waals surface area contributed by atoms with Crippen molar-refractivity contribution in [3.05, 3.63) is 16.0 Å². The van der Waals surface area contributed by atoms with E-state index in [1.165, 1.54) is 18.4 Å². The minimum absolute atomic E-state index is 0.265. The molecule has 6 heteroatoms. The van der Waals surface area contributed by atoms with Gasteiger partial charge < -0.3 is 10.4 Å². The van der Waals surface area contributed by atoms with E-state index in [-0.39, 0.29) is 11.6 Å². The molecule has 2 rings (SSSR count). The fourth-order valence-corrected chi connectivity index (χ4v) is 3.16. The zero-order valence-corrected chi connectivity index (χ0v) is 9.61. The van der Waals surface area contributed by atoms with Gasteiger partial charge in [0.05, 0.1) is 5.56 Å². The number of carbonyl (C=O) groups excluding carboxylic acids is 1. The minimum Gasteiger partial charge on any atom is -0.478 e. The van der Waals surface area contributed by atoms with E-state index in [4.69, 9.17) is 5.11 Å². The van der Waals surface area contributed by atoms with Crippen molar-refractivity contribution in [1.29, 1.82) is 0 Å². The van der Waals surface area contributed by atoms with Crippen LogP contribution in [0, 0.1) is 0 Å². The van der Waals surface area contributed by atoms with Crippen LogP contribution in [-0.2, 0) is 12.8 Å². The quantitative estimate of drug-likeness (QED) is 0.736. The average molecular weight is 240 g/mol. The van der Waals surface area contributed by atoms with Crippen molar-refractivity contribution in [3.8, 4) is 0 Å². The van der Waals surface area contributed by atoms with E-state index in [0.29, 0.717) is 5.00 Å². The number of nitrogens with one attached hydrogen (secondary N) is 2. The van der Waals surface area contributed by atoms with Crippen molar-refractivity contribution >= 4 is 28.3 Å². The van der Waals surface area contributed by atoms with Gasteiger partial charge in [0.15, 0.2) is 0 Å². The summed E-state index contributed by atoms with van der Waals surface area (Å²) in [5.74, 6) is -0.967. The molecule has 1 heterocycles. The fourth-order valence-electron chi connectivity index (χ4n) is 1.88. The van der Waals surface area contributed by atoms with Gasteiger partial charge in [-0.25, -0.2) is 9.59 Å². The van der Waals surface area contributed by atoms with E-state index in [1.807, 2.05) is 0 Å². The summed E-state index contributed by atoms with van der Waals surface area (Å²) in [6, 6.07) is -0.387. The molecule has 0 aliphatic heterocycles. The number of rotatable bonds is 2. The van der Waals surface area contributed by atoms with Gasteiger partial charge in [0.25, 0.3) is 0 Å². The van der Waals surface area contributed by atoms with E-state index in [2.05, 4.69) is 10.6 Å². The van der Waals surface area contributed by atoms with E-state index < -0.39 is 5.97 Å². The lowest BCUT2D eigenvalue weighted by Crippen LogP contribution is -2.24. The number of carboxylic acids is 1. The van der Waals surface area contributed by atoms with Crippen LogP contribution in [0.4, 0.5) is 9.80 Å². The normalized spacial score (nSPS) is 13.3. The van der Waals surface area contributed by atoms with Crippen molar-refractivity contribution < 1.29 is 14.7 Å². The number of carboxylic acid groups (broad SMARTS) is 1. The van der Waals surface area contributed by atoms with Crippen LogP contribution < -0.4 is 10.6 Å². The number of hydrogen-bond donors (Lipinski definition) is 3. The van der Waals surface area contributed by atoms with Crippen molar-refractivity contribution in [3.63, 3.8) is 0 Å². The summed E-state index contributed by atoms with van der Waals surface area (Å²) in [4.78, 5) is 23.4. The van der Waals surface area contributed by atoms with E-state index in [1.54, 1.807) is 0 Å². The van der Waals surface area contributed by atoms with Crippen LogP contribution in [0.2, 0.25) is 0 Å². The van der Waals surface area contributed by atoms with E-state index in [0.717, 1.165) is 29.7 Å². The monoisotopic (exact) mass is 240 g/mol. The molecule has 1 aromatic rings. The average Bonchev–Trinajstić information content (AvgIpc) is 2.76. The predicted molar refractivity (Wildman–Crippen MR) is 61.4 cm³/mol. The third-order valence-corrected chi connectivity index (χ3v) is 3.80. The summed E-state index contributed by atoms with van der Waals surface area (Å²) >= 11 is 1.37. The molecule has 0 spiro atoms. The molecule has 2 amide bonds. The van der Waals surface area contributed by atoms with Gasteiger partial charge in [-0.15, -0.1) is 11.3 Å². The number of urea groups is 1. The molecule has 0 fully saturated rings. The first kappa shape index (κ1) is 10.9. The van der Waals surface area contributed by atoms with Crippen LogP contribution >= 0.6 is 11.3 Å². The molecule has 16 heavy (non-hydrogen) atoms. The Hall–Kier alpha value is -1.56. The molecule has 1 aliphatic rings. The largest absolute Gasteiger partial charge is 0.478 e. The SMILES string of the molecule is CNC(=O)Nc1sc2c(c1C(=O)O)CCC2. The molecule has 0 bridgehead atoms. The highest BCUT2D eigenvalue weighted by Crippen LogP contribution is 2.38. The van der Waals surface area contributed by atoms with Crippen LogP contribution in [0.25, 0.3) is 0 Å². The molecule has 5 nitrogen and oxygen atoms in total. The zero-order chi connectivity index (χ0) is 11.7. The topological polar surface area (TPSA) is 78.4 Å². The smallest absolute Gasteiger partial charge is 0.339 e. The van der Waals surface area contributed by atoms with Crippen molar-refractivity contribution in [2.75, 3.05) is 12.4 Å². The fraction of sp³-hybridized carbons (Fsp3) is 0.400. The van der Waals surface area contributed by atoms with Gasteiger partial charge in [0.2, 0.25) is 0 Å². The van der Waals surface area contributed by atoms with Gasteiger partial charge in [-0.1, -0.05) is 0 Å². The first-order valence-corrected chi connectivity index (χ1v) is 5.81. The Morgan fingerprint density at radius 3 is 2.75 bits per heavy atom. The van der Waals surface area contributed by atoms with Crippen LogP contribution in [0.1, 0.15) is 27.2 Å². The maximum absolute atomic E-state index is 11.2. The lowest BCUT2D eigenvalue weighted by Gasteiger charge is -2.03. The Morgan fingerprint density at radius 1 is 1.38 bits per heavy atom. The summed E-state index contributed by atoms with van der Waals surface area (Å²) in [7, 11) is 1.50. The number of amides is 2. The van der Waals surface area contributed by atoms with E-state index in [9.17, 15) is 9.59 Å². The first-order chi connectivity index (χ1) is 7.63. The summed E-state index contributed by atoms with van der Waals surface area (Å²) in [6.45, 7) is 0. The number of carbonyl (C=O) groups is 2. The second-order valence-electron chi connectivity index (χ2n) is 3.57. The number of anilines is 1. The molecule has 0 saturated carbocycles. The van der Waals surface area contributed by atoms with E-state index >= 15 is 0 Å². The highest BCUT2D eigenvalue weighted by molar-refractivity contribution is 7.17. The third-order valence-electron chi connectivity index (χ3n) is 2.59. The lowest BCUT2D eigenvalue weighted by molar-refractivity contribution is 0.0697. The zero-order valence-electron chi connectivity index (χ0n) is 8.79. The number of hydrogen-bond acceptors (Lipinski definition) is 3. The molecule has 0 atom stereocenters. The highest BCUT2D eigenvalue weighted by atomic mass is 32.1. The molecule has 3 N–H and O–H groups in total. The van der Waals surface area contributed by atoms with Crippen LogP contribution in [0.5, 0.6) is 0 Å². The lowest BCUT2D eigenvalue weighted by atomic mass is 10.1. The number of aryl methyl sites for hydroxylation is 1. The summed E-state index contributed by atoms with van der Waals surface area (Å²) < 4.78 is 0. The van der Waals surface area contributed by atoms with Crippen molar-refractivity contribution in [1.82, 2.24) is 5.32 Å². The molecule has 1 aliphatic carbocycles. The standard InChI is InChI=1S/C10H12N2O3S/c1-11-10(15)12-8-7(9(13)14)5-3-2-4-6(5)16-8/h2-4H2,1H3,(H,13,14)(H2,11,12,15). The van der Waals surface area contributed by atoms with Gasteiger partial charge in [0, 0.05) is 11.9 Å². The Balaban J connectivity index is 2.38. The highest BCUT2D eigenvalue weighted by Gasteiger charge is 2.26. The Labute approximate surface area is 96.5 Å². The Morgan fingerprint density at radius 2 is 2.12 bits per heavy atom. The van der Waals surface area contributed by atoms with Crippen molar-refractivity contribution in [2.45, 2.75) is 19.3 Å². The maximum atomic E-state index is 11.2. The minimum atomic E-state index is -0.967. The Bertz CT molecular complexity index is 453. The second-order valence-corrected chi connectivity index (χ2v) is 4.68. The summed E-state index contributed by atoms with van der Waals surface area (Å²) in [6.07, 6.45) is 2.71.